The molecular weight excluding hydrogens is 290 g/mol. The normalized spacial score (nSPS) is 10.4. The van der Waals surface area contributed by atoms with Crippen molar-refractivity contribution >= 4 is 33.2 Å². The second kappa shape index (κ2) is 7.81. The van der Waals surface area contributed by atoms with Crippen molar-refractivity contribution in [3.8, 4) is 0 Å². The van der Waals surface area contributed by atoms with E-state index in [1.807, 2.05) is 0 Å². The SMILES string of the molecule is COC(=O)CCCNCCc1cc(Br)cs1. The molecule has 0 amide bonds. The van der Waals surface area contributed by atoms with E-state index in [0.29, 0.717) is 6.42 Å². The summed E-state index contributed by atoms with van der Waals surface area (Å²) in [5, 5.41) is 5.40. The van der Waals surface area contributed by atoms with E-state index in [4.69, 9.17) is 0 Å². The van der Waals surface area contributed by atoms with Crippen molar-refractivity contribution in [1.82, 2.24) is 5.32 Å². The fourth-order valence-electron chi connectivity index (χ4n) is 1.28. The maximum absolute atomic E-state index is 10.8. The molecule has 1 aromatic heterocycles. The molecule has 5 heteroatoms. The Morgan fingerprint density at radius 1 is 1.56 bits per heavy atom. The summed E-state index contributed by atoms with van der Waals surface area (Å²) in [6.45, 7) is 1.82. The van der Waals surface area contributed by atoms with Crippen molar-refractivity contribution < 1.29 is 9.53 Å². The minimum atomic E-state index is -0.135. The number of carbonyl (C=O) groups excluding carboxylic acids is 1. The lowest BCUT2D eigenvalue weighted by Gasteiger charge is -2.02. The highest BCUT2D eigenvalue weighted by molar-refractivity contribution is 9.10. The van der Waals surface area contributed by atoms with Crippen LogP contribution < -0.4 is 5.32 Å². The lowest BCUT2D eigenvalue weighted by atomic mass is 10.3. The lowest BCUT2D eigenvalue weighted by molar-refractivity contribution is -0.140. The molecule has 0 fully saturated rings. The summed E-state index contributed by atoms with van der Waals surface area (Å²) in [5.74, 6) is -0.135. The van der Waals surface area contributed by atoms with E-state index in [1.54, 1.807) is 11.3 Å². The zero-order valence-electron chi connectivity index (χ0n) is 9.29. The number of nitrogens with one attached hydrogen (secondary N) is 1. The Balaban J connectivity index is 1.98. The quantitative estimate of drug-likeness (QED) is 0.621. The Hall–Kier alpha value is -0.390. The van der Waals surface area contributed by atoms with Gasteiger partial charge in [-0.1, -0.05) is 0 Å². The standard InChI is InChI=1S/C11H16BrNO2S/c1-15-11(14)3-2-5-13-6-4-10-7-9(12)8-16-10/h7-8,13H,2-6H2,1H3. The second-order valence-electron chi connectivity index (χ2n) is 3.41. The van der Waals surface area contributed by atoms with E-state index in [1.165, 1.54) is 12.0 Å². The average Bonchev–Trinajstić information content (AvgIpc) is 2.69. The topological polar surface area (TPSA) is 38.3 Å². The van der Waals surface area contributed by atoms with Gasteiger partial charge >= 0.3 is 5.97 Å². The number of ether oxygens (including phenoxy) is 1. The summed E-state index contributed by atoms with van der Waals surface area (Å²) >= 11 is 5.19. The van der Waals surface area contributed by atoms with Gasteiger partial charge in [-0.25, -0.2) is 0 Å². The Morgan fingerprint density at radius 2 is 2.38 bits per heavy atom. The van der Waals surface area contributed by atoms with Gasteiger partial charge in [0.15, 0.2) is 0 Å². The van der Waals surface area contributed by atoms with Gasteiger partial charge in [0, 0.05) is 21.2 Å². The van der Waals surface area contributed by atoms with Crippen LogP contribution >= 0.6 is 27.3 Å². The van der Waals surface area contributed by atoms with Gasteiger partial charge in [0.25, 0.3) is 0 Å². The predicted octanol–water partition coefficient (Wildman–Crippen LogP) is 2.60. The predicted molar refractivity (Wildman–Crippen MR) is 69.8 cm³/mol. The van der Waals surface area contributed by atoms with Crippen LogP contribution in [-0.2, 0) is 16.0 Å². The molecule has 0 bridgehead atoms. The van der Waals surface area contributed by atoms with E-state index >= 15 is 0 Å². The Labute approximate surface area is 108 Å². The van der Waals surface area contributed by atoms with Gasteiger partial charge in [-0.05, 0) is 47.9 Å². The molecule has 0 saturated carbocycles. The third-order valence-corrected chi connectivity index (χ3v) is 3.89. The molecule has 1 N–H and O–H groups in total. The van der Waals surface area contributed by atoms with Crippen LogP contribution in [0, 0.1) is 0 Å². The summed E-state index contributed by atoms with van der Waals surface area (Å²) in [6, 6.07) is 2.14. The van der Waals surface area contributed by atoms with Crippen molar-refractivity contribution in [1.29, 1.82) is 0 Å². The van der Waals surface area contributed by atoms with Crippen LogP contribution in [-0.4, -0.2) is 26.2 Å². The number of carbonyl (C=O) groups is 1. The van der Waals surface area contributed by atoms with Gasteiger partial charge in [-0.3, -0.25) is 4.79 Å². The zero-order chi connectivity index (χ0) is 11.8. The molecule has 0 aliphatic carbocycles. The summed E-state index contributed by atoms with van der Waals surface area (Å²) in [7, 11) is 1.42. The number of hydrogen-bond donors (Lipinski definition) is 1. The summed E-state index contributed by atoms with van der Waals surface area (Å²) in [4.78, 5) is 12.2. The molecule has 16 heavy (non-hydrogen) atoms. The second-order valence-corrected chi connectivity index (χ2v) is 5.32. The van der Waals surface area contributed by atoms with Crippen LogP contribution in [0.4, 0.5) is 0 Å². The third kappa shape index (κ3) is 5.63. The molecule has 90 valence electrons. The molecule has 0 spiro atoms. The van der Waals surface area contributed by atoms with Gasteiger partial charge in [-0.15, -0.1) is 11.3 Å². The van der Waals surface area contributed by atoms with Crippen LogP contribution in [0.25, 0.3) is 0 Å². The smallest absolute Gasteiger partial charge is 0.305 e. The van der Waals surface area contributed by atoms with Gasteiger partial charge < -0.3 is 10.1 Å². The highest BCUT2D eigenvalue weighted by Crippen LogP contribution is 2.19. The number of halogens is 1. The highest BCUT2D eigenvalue weighted by Gasteiger charge is 1.99. The monoisotopic (exact) mass is 305 g/mol. The molecule has 0 aliphatic heterocycles. The van der Waals surface area contributed by atoms with Crippen molar-refractivity contribution in [3.63, 3.8) is 0 Å². The van der Waals surface area contributed by atoms with Gasteiger partial charge in [0.05, 0.1) is 7.11 Å². The average molecular weight is 306 g/mol. The first-order valence-electron chi connectivity index (χ1n) is 5.23. The fourth-order valence-corrected chi connectivity index (χ4v) is 2.74. The Kier molecular flexibility index (Phi) is 6.68. The van der Waals surface area contributed by atoms with Crippen LogP contribution in [0.15, 0.2) is 15.9 Å². The van der Waals surface area contributed by atoms with Crippen LogP contribution in [0.3, 0.4) is 0 Å². The number of rotatable bonds is 7. The molecular formula is C11H16BrNO2S. The van der Waals surface area contributed by atoms with E-state index in [-0.39, 0.29) is 5.97 Å². The van der Waals surface area contributed by atoms with Crippen molar-refractivity contribution in [2.45, 2.75) is 19.3 Å². The first kappa shape index (κ1) is 13.7. The minimum Gasteiger partial charge on any atom is -0.469 e. The molecule has 1 heterocycles. The number of hydrogen-bond acceptors (Lipinski definition) is 4. The lowest BCUT2D eigenvalue weighted by Crippen LogP contribution is -2.19. The van der Waals surface area contributed by atoms with Crippen LogP contribution in [0.2, 0.25) is 0 Å². The molecule has 1 rings (SSSR count). The summed E-state index contributed by atoms with van der Waals surface area (Å²) in [5.41, 5.74) is 0. The zero-order valence-corrected chi connectivity index (χ0v) is 11.7. The van der Waals surface area contributed by atoms with Crippen molar-refractivity contribution in [2.75, 3.05) is 20.2 Å². The van der Waals surface area contributed by atoms with Crippen LogP contribution in [0.5, 0.6) is 0 Å². The van der Waals surface area contributed by atoms with Gasteiger partial charge in [0.1, 0.15) is 0 Å². The molecule has 3 nitrogen and oxygen atoms in total. The van der Waals surface area contributed by atoms with Crippen LogP contribution in [0.1, 0.15) is 17.7 Å². The van der Waals surface area contributed by atoms with Gasteiger partial charge in [0.2, 0.25) is 0 Å². The molecule has 0 saturated heterocycles. The van der Waals surface area contributed by atoms with Crippen molar-refractivity contribution in [3.05, 3.63) is 20.8 Å². The van der Waals surface area contributed by atoms with E-state index in [2.05, 4.69) is 37.4 Å². The summed E-state index contributed by atoms with van der Waals surface area (Å²) in [6.07, 6.45) is 2.36. The number of thiophene rings is 1. The molecule has 1 aromatic rings. The Bertz CT molecular complexity index is 328. The molecule has 0 aromatic carbocycles. The highest BCUT2D eigenvalue weighted by atomic mass is 79.9. The first-order valence-corrected chi connectivity index (χ1v) is 6.90. The number of methoxy groups -OCH3 is 1. The third-order valence-electron chi connectivity index (χ3n) is 2.13. The first-order chi connectivity index (χ1) is 7.72. The maximum Gasteiger partial charge on any atom is 0.305 e. The molecule has 0 radical (unpaired) electrons. The largest absolute Gasteiger partial charge is 0.469 e. The molecule has 0 unspecified atom stereocenters. The fraction of sp³-hybridized carbons (Fsp3) is 0.545. The molecule has 0 aliphatic rings. The van der Waals surface area contributed by atoms with E-state index in [9.17, 15) is 4.79 Å². The van der Waals surface area contributed by atoms with Crippen molar-refractivity contribution in [2.24, 2.45) is 0 Å². The van der Waals surface area contributed by atoms with Gasteiger partial charge in [-0.2, -0.15) is 0 Å². The Morgan fingerprint density at radius 3 is 3.00 bits per heavy atom. The maximum atomic E-state index is 10.8. The number of esters is 1. The molecule has 0 atom stereocenters. The van der Waals surface area contributed by atoms with E-state index in [0.717, 1.165) is 30.4 Å². The minimum absolute atomic E-state index is 0.135. The van der Waals surface area contributed by atoms with E-state index < -0.39 is 0 Å². The summed E-state index contributed by atoms with van der Waals surface area (Å²) < 4.78 is 5.71.